The number of anilines is 1. The molecule has 118 valence electrons. The Morgan fingerprint density at radius 3 is 2.67 bits per heavy atom. The molecule has 1 fully saturated rings. The topological polar surface area (TPSA) is 28.2 Å². The SMILES string of the molecule is Cc1nc(N2CCCC(C)CC2)ccc1CNC(C)(C)C. The van der Waals surface area contributed by atoms with Gasteiger partial charge in [0, 0.05) is 30.9 Å². The van der Waals surface area contributed by atoms with Crippen LogP contribution in [0.3, 0.4) is 0 Å². The molecule has 1 aliphatic heterocycles. The summed E-state index contributed by atoms with van der Waals surface area (Å²) in [5.41, 5.74) is 2.60. The first-order valence-electron chi connectivity index (χ1n) is 8.31. The number of hydrogen-bond acceptors (Lipinski definition) is 3. The van der Waals surface area contributed by atoms with Gasteiger partial charge in [-0.05, 0) is 64.5 Å². The quantitative estimate of drug-likeness (QED) is 0.914. The summed E-state index contributed by atoms with van der Waals surface area (Å²) in [4.78, 5) is 7.31. The van der Waals surface area contributed by atoms with E-state index in [9.17, 15) is 0 Å². The maximum atomic E-state index is 4.85. The summed E-state index contributed by atoms with van der Waals surface area (Å²) >= 11 is 0. The van der Waals surface area contributed by atoms with Crippen LogP contribution in [0.2, 0.25) is 0 Å². The lowest BCUT2D eigenvalue weighted by Gasteiger charge is -2.24. The van der Waals surface area contributed by atoms with E-state index in [2.05, 4.69) is 57.0 Å². The van der Waals surface area contributed by atoms with Crippen LogP contribution in [-0.4, -0.2) is 23.6 Å². The van der Waals surface area contributed by atoms with E-state index in [-0.39, 0.29) is 5.54 Å². The number of nitrogens with zero attached hydrogens (tertiary/aromatic N) is 2. The largest absolute Gasteiger partial charge is 0.357 e. The fourth-order valence-corrected chi connectivity index (χ4v) is 2.79. The summed E-state index contributed by atoms with van der Waals surface area (Å²) in [6.07, 6.45) is 3.92. The molecule has 2 rings (SSSR count). The van der Waals surface area contributed by atoms with Crippen LogP contribution >= 0.6 is 0 Å². The van der Waals surface area contributed by atoms with Crippen molar-refractivity contribution < 1.29 is 0 Å². The molecule has 1 aliphatic rings. The van der Waals surface area contributed by atoms with Gasteiger partial charge in [-0.15, -0.1) is 0 Å². The van der Waals surface area contributed by atoms with Gasteiger partial charge in [0.05, 0.1) is 0 Å². The average Bonchev–Trinajstić information content (AvgIpc) is 2.61. The first-order valence-corrected chi connectivity index (χ1v) is 8.31. The molecule has 0 bridgehead atoms. The lowest BCUT2D eigenvalue weighted by molar-refractivity contribution is 0.423. The van der Waals surface area contributed by atoms with Crippen molar-refractivity contribution in [2.45, 2.75) is 66.0 Å². The normalized spacial score (nSPS) is 20.4. The third-order valence-electron chi connectivity index (χ3n) is 4.33. The van der Waals surface area contributed by atoms with Crippen LogP contribution in [0.5, 0.6) is 0 Å². The Labute approximate surface area is 130 Å². The van der Waals surface area contributed by atoms with Gasteiger partial charge in [0.25, 0.3) is 0 Å². The van der Waals surface area contributed by atoms with Crippen molar-refractivity contribution in [2.24, 2.45) is 5.92 Å². The van der Waals surface area contributed by atoms with E-state index < -0.39 is 0 Å². The van der Waals surface area contributed by atoms with E-state index in [1.807, 2.05) is 0 Å². The highest BCUT2D eigenvalue weighted by Gasteiger charge is 2.16. The number of hydrogen-bond donors (Lipinski definition) is 1. The van der Waals surface area contributed by atoms with Gasteiger partial charge >= 0.3 is 0 Å². The maximum Gasteiger partial charge on any atom is 0.128 e. The second-order valence-corrected chi connectivity index (χ2v) is 7.54. The van der Waals surface area contributed by atoms with Gasteiger partial charge in [0.1, 0.15) is 5.82 Å². The van der Waals surface area contributed by atoms with Crippen LogP contribution in [0.1, 0.15) is 58.2 Å². The van der Waals surface area contributed by atoms with Gasteiger partial charge in [-0.1, -0.05) is 13.0 Å². The number of nitrogens with one attached hydrogen (secondary N) is 1. The molecule has 0 amide bonds. The first kappa shape index (κ1) is 16.3. The molecule has 1 unspecified atom stereocenters. The molecule has 3 nitrogen and oxygen atoms in total. The minimum absolute atomic E-state index is 0.145. The number of aromatic nitrogens is 1. The predicted molar refractivity (Wildman–Crippen MR) is 90.8 cm³/mol. The van der Waals surface area contributed by atoms with E-state index in [4.69, 9.17) is 4.98 Å². The monoisotopic (exact) mass is 289 g/mol. The molecule has 0 aromatic carbocycles. The van der Waals surface area contributed by atoms with Crippen molar-refractivity contribution in [3.8, 4) is 0 Å². The molecule has 0 aliphatic carbocycles. The molecule has 1 atom stereocenters. The minimum Gasteiger partial charge on any atom is -0.357 e. The van der Waals surface area contributed by atoms with Gasteiger partial charge < -0.3 is 10.2 Å². The van der Waals surface area contributed by atoms with E-state index in [1.54, 1.807) is 0 Å². The lowest BCUT2D eigenvalue weighted by atomic mass is 10.0. The van der Waals surface area contributed by atoms with Crippen LogP contribution < -0.4 is 10.2 Å². The van der Waals surface area contributed by atoms with Crippen LogP contribution in [0, 0.1) is 12.8 Å². The molecule has 1 saturated heterocycles. The van der Waals surface area contributed by atoms with E-state index in [0.29, 0.717) is 0 Å². The second-order valence-electron chi connectivity index (χ2n) is 7.54. The van der Waals surface area contributed by atoms with Gasteiger partial charge in [-0.25, -0.2) is 4.98 Å². The molecule has 0 spiro atoms. The molecule has 1 aromatic heterocycles. The molecular weight excluding hydrogens is 258 g/mol. The van der Waals surface area contributed by atoms with Gasteiger partial charge in [0.2, 0.25) is 0 Å². The zero-order valence-corrected chi connectivity index (χ0v) is 14.4. The van der Waals surface area contributed by atoms with Gasteiger partial charge in [-0.2, -0.15) is 0 Å². The summed E-state index contributed by atoms with van der Waals surface area (Å²) in [7, 11) is 0. The predicted octanol–water partition coefficient (Wildman–Crippen LogP) is 3.90. The summed E-state index contributed by atoms with van der Waals surface area (Å²) in [6.45, 7) is 14.3. The summed E-state index contributed by atoms with van der Waals surface area (Å²) < 4.78 is 0. The Morgan fingerprint density at radius 2 is 2.00 bits per heavy atom. The van der Waals surface area contributed by atoms with Crippen molar-refractivity contribution in [2.75, 3.05) is 18.0 Å². The molecule has 21 heavy (non-hydrogen) atoms. The Hall–Kier alpha value is -1.09. The third kappa shape index (κ3) is 4.99. The fourth-order valence-electron chi connectivity index (χ4n) is 2.79. The van der Waals surface area contributed by atoms with Crippen molar-refractivity contribution in [1.29, 1.82) is 0 Å². The van der Waals surface area contributed by atoms with Gasteiger partial charge in [0.15, 0.2) is 0 Å². The average molecular weight is 289 g/mol. The standard InChI is InChI=1S/C18H31N3/c1-14-7-6-11-21(12-10-14)17-9-8-16(15(2)20-17)13-19-18(3,4)5/h8-9,14,19H,6-7,10-13H2,1-5H3. The number of rotatable bonds is 3. The van der Waals surface area contributed by atoms with Crippen LogP contribution in [0.4, 0.5) is 5.82 Å². The second kappa shape index (κ2) is 6.78. The zero-order valence-electron chi connectivity index (χ0n) is 14.4. The Morgan fingerprint density at radius 1 is 1.24 bits per heavy atom. The van der Waals surface area contributed by atoms with Crippen LogP contribution in [-0.2, 0) is 6.54 Å². The lowest BCUT2D eigenvalue weighted by Crippen LogP contribution is -2.35. The summed E-state index contributed by atoms with van der Waals surface area (Å²) in [6, 6.07) is 4.44. The zero-order chi connectivity index (χ0) is 15.5. The fraction of sp³-hybridized carbons (Fsp3) is 0.722. The van der Waals surface area contributed by atoms with Gasteiger partial charge in [-0.3, -0.25) is 0 Å². The van der Waals surface area contributed by atoms with Crippen LogP contribution in [0.25, 0.3) is 0 Å². The molecule has 0 radical (unpaired) electrons. The number of pyridine rings is 1. The minimum atomic E-state index is 0.145. The molecule has 2 heterocycles. The number of aryl methyl sites for hydroxylation is 1. The first-order chi connectivity index (χ1) is 9.85. The highest BCUT2D eigenvalue weighted by atomic mass is 15.2. The van der Waals surface area contributed by atoms with Crippen molar-refractivity contribution in [3.63, 3.8) is 0 Å². The highest BCUT2D eigenvalue weighted by Crippen LogP contribution is 2.22. The highest BCUT2D eigenvalue weighted by molar-refractivity contribution is 5.41. The van der Waals surface area contributed by atoms with Crippen molar-refractivity contribution >= 4 is 5.82 Å². The Balaban J connectivity index is 2.04. The van der Waals surface area contributed by atoms with E-state index >= 15 is 0 Å². The van der Waals surface area contributed by atoms with Crippen molar-refractivity contribution in [3.05, 3.63) is 23.4 Å². The van der Waals surface area contributed by atoms with Crippen LogP contribution in [0.15, 0.2) is 12.1 Å². The smallest absolute Gasteiger partial charge is 0.128 e. The maximum absolute atomic E-state index is 4.85. The molecule has 1 N–H and O–H groups in total. The molecular formula is C18H31N3. The molecule has 0 saturated carbocycles. The Bertz CT molecular complexity index is 462. The molecule has 3 heteroatoms. The summed E-state index contributed by atoms with van der Waals surface area (Å²) in [5, 5.41) is 3.54. The third-order valence-corrected chi connectivity index (χ3v) is 4.33. The van der Waals surface area contributed by atoms with E-state index in [0.717, 1.165) is 37.1 Å². The van der Waals surface area contributed by atoms with Crippen molar-refractivity contribution in [1.82, 2.24) is 10.3 Å². The summed E-state index contributed by atoms with van der Waals surface area (Å²) in [5.74, 6) is 2.01. The molecule has 1 aromatic rings. The van der Waals surface area contributed by atoms with E-state index in [1.165, 1.54) is 24.8 Å². The Kier molecular flexibility index (Phi) is 5.26.